The van der Waals surface area contributed by atoms with Gasteiger partial charge in [0.25, 0.3) is 10.1 Å². The van der Waals surface area contributed by atoms with Gasteiger partial charge in [-0.25, -0.2) is 0 Å². The third kappa shape index (κ3) is 5.41. The molecule has 40 heavy (non-hydrogen) atoms. The summed E-state index contributed by atoms with van der Waals surface area (Å²) >= 11 is 0. The molecule has 0 amide bonds. The Bertz CT molecular complexity index is 1210. The average Bonchev–Trinajstić information content (AvgIpc) is 3.26. The molecule has 3 nitrogen and oxygen atoms in total. The maximum atomic E-state index is 13.0. The molecule has 1 aromatic carbocycles. The summed E-state index contributed by atoms with van der Waals surface area (Å²) in [5.41, 5.74) is 3.15. The fourth-order valence-corrected chi connectivity index (χ4v) is 10.9. The van der Waals surface area contributed by atoms with Gasteiger partial charge in [0.05, 0.1) is 11.0 Å². The van der Waals surface area contributed by atoms with E-state index in [1.54, 1.807) is 12.1 Å². The molecule has 0 heterocycles. The van der Waals surface area contributed by atoms with Crippen molar-refractivity contribution in [2.45, 2.75) is 117 Å². The fourth-order valence-electron chi connectivity index (χ4n) is 9.84. The fraction of sp³-hybridized carbons (Fsp3) is 0.722. The molecule has 0 unspecified atom stereocenters. The van der Waals surface area contributed by atoms with Crippen LogP contribution in [0.1, 0.15) is 105 Å². The summed E-state index contributed by atoms with van der Waals surface area (Å²) in [4.78, 5) is 0.268. The van der Waals surface area contributed by atoms with Crippen LogP contribution in [0.5, 0.6) is 0 Å². The van der Waals surface area contributed by atoms with E-state index in [2.05, 4.69) is 59.8 Å². The van der Waals surface area contributed by atoms with Crippen molar-refractivity contribution in [1.82, 2.24) is 0 Å². The third-order valence-corrected chi connectivity index (χ3v) is 13.7. The second-order valence-electron chi connectivity index (χ2n) is 14.8. The number of rotatable bonds is 8. The standard InChI is InChI=1S/C36H54O3S/c1-8-27(24(2)3)12-11-26(5)32-17-18-33-31-16-13-28-23-29(39-40(37,38)30-14-9-25(4)10-15-30)19-21-35(28,6)34(31)20-22-36(32,33)7/h9-15,24,26-27,29,31-34H,8,16-23H2,1-7H3/b12-11+/t26-,27-,29+,31-,32-,33+,34+,35+,36-/m1/s1. The Kier molecular flexibility index (Phi) is 8.54. The second kappa shape index (κ2) is 11.4. The minimum Gasteiger partial charge on any atom is -0.263 e. The van der Waals surface area contributed by atoms with E-state index in [0.29, 0.717) is 23.2 Å². The van der Waals surface area contributed by atoms with Gasteiger partial charge in [0.2, 0.25) is 0 Å². The van der Waals surface area contributed by atoms with Crippen LogP contribution in [0.25, 0.3) is 0 Å². The molecule has 0 aromatic heterocycles. The van der Waals surface area contributed by atoms with Crippen LogP contribution in [0.4, 0.5) is 0 Å². The highest BCUT2D eigenvalue weighted by atomic mass is 32.2. The number of allylic oxidation sites excluding steroid dienone is 3. The molecule has 0 radical (unpaired) electrons. The summed E-state index contributed by atoms with van der Waals surface area (Å²) in [6.07, 6.45) is 17.8. The van der Waals surface area contributed by atoms with Crippen LogP contribution in [-0.2, 0) is 14.3 Å². The van der Waals surface area contributed by atoms with Crippen LogP contribution in [-0.4, -0.2) is 14.5 Å². The minimum absolute atomic E-state index is 0.187. The lowest BCUT2D eigenvalue weighted by Gasteiger charge is -2.58. The summed E-state index contributed by atoms with van der Waals surface area (Å²) in [5, 5.41) is 0. The first-order valence-corrected chi connectivity index (χ1v) is 17.7. The first-order chi connectivity index (χ1) is 18.9. The van der Waals surface area contributed by atoms with Gasteiger partial charge < -0.3 is 0 Å². The summed E-state index contributed by atoms with van der Waals surface area (Å²) < 4.78 is 31.9. The monoisotopic (exact) mass is 566 g/mol. The van der Waals surface area contributed by atoms with Gasteiger partial charge >= 0.3 is 0 Å². The second-order valence-corrected chi connectivity index (χ2v) is 16.3. The van der Waals surface area contributed by atoms with E-state index in [1.807, 2.05) is 19.1 Å². The Morgan fingerprint density at radius 2 is 1.70 bits per heavy atom. The van der Waals surface area contributed by atoms with Gasteiger partial charge in [-0.3, -0.25) is 4.18 Å². The Hall–Kier alpha value is -1.39. The van der Waals surface area contributed by atoms with Gasteiger partial charge in [0.1, 0.15) is 0 Å². The molecule has 3 fully saturated rings. The molecule has 0 bridgehead atoms. The van der Waals surface area contributed by atoms with Gasteiger partial charge in [0.15, 0.2) is 0 Å². The topological polar surface area (TPSA) is 43.4 Å². The molecule has 0 N–H and O–H groups in total. The summed E-state index contributed by atoms with van der Waals surface area (Å²) in [6.45, 7) is 16.6. The van der Waals surface area contributed by atoms with Gasteiger partial charge in [-0.05, 0) is 129 Å². The highest BCUT2D eigenvalue weighted by molar-refractivity contribution is 7.86. The van der Waals surface area contributed by atoms with Crippen LogP contribution < -0.4 is 0 Å². The molecule has 4 aliphatic carbocycles. The van der Waals surface area contributed by atoms with Crippen molar-refractivity contribution >= 4 is 10.1 Å². The van der Waals surface area contributed by atoms with Gasteiger partial charge in [-0.2, -0.15) is 8.42 Å². The Balaban J connectivity index is 1.28. The molecule has 3 saturated carbocycles. The third-order valence-electron chi connectivity index (χ3n) is 12.3. The molecule has 0 spiro atoms. The van der Waals surface area contributed by atoms with E-state index in [1.165, 1.54) is 37.7 Å². The van der Waals surface area contributed by atoms with Crippen molar-refractivity contribution < 1.29 is 12.6 Å². The van der Waals surface area contributed by atoms with Crippen LogP contribution in [0, 0.1) is 59.2 Å². The number of hydrogen-bond acceptors (Lipinski definition) is 3. The molecule has 4 heteroatoms. The maximum absolute atomic E-state index is 13.0. The zero-order chi connectivity index (χ0) is 28.9. The van der Waals surface area contributed by atoms with Gasteiger partial charge in [-0.15, -0.1) is 0 Å². The van der Waals surface area contributed by atoms with E-state index < -0.39 is 10.1 Å². The van der Waals surface area contributed by atoms with Gasteiger partial charge in [0, 0.05) is 0 Å². The van der Waals surface area contributed by atoms with E-state index in [-0.39, 0.29) is 16.4 Å². The van der Waals surface area contributed by atoms with E-state index in [4.69, 9.17) is 4.18 Å². The first-order valence-electron chi connectivity index (χ1n) is 16.3. The van der Waals surface area contributed by atoms with Crippen molar-refractivity contribution in [2.75, 3.05) is 0 Å². The zero-order valence-corrected chi connectivity index (χ0v) is 27.0. The Labute approximate surface area is 245 Å². The summed E-state index contributed by atoms with van der Waals surface area (Å²) in [7, 11) is -3.74. The van der Waals surface area contributed by atoms with Crippen molar-refractivity contribution in [2.24, 2.45) is 52.3 Å². The molecule has 0 saturated heterocycles. The molecule has 5 rings (SSSR count). The Morgan fingerprint density at radius 1 is 0.975 bits per heavy atom. The lowest BCUT2D eigenvalue weighted by molar-refractivity contribution is -0.0523. The maximum Gasteiger partial charge on any atom is 0.297 e. The van der Waals surface area contributed by atoms with Crippen LogP contribution in [0.3, 0.4) is 0 Å². The predicted octanol–water partition coefficient (Wildman–Crippen LogP) is 9.52. The van der Waals surface area contributed by atoms with Crippen molar-refractivity contribution in [3.05, 3.63) is 53.6 Å². The van der Waals surface area contributed by atoms with Crippen molar-refractivity contribution in [3.8, 4) is 0 Å². The predicted molar refractivity (Wildman–Crippen MR) is 165 cm³/mol. The number of aryl methyl sites for hydroxylation is 1. The summed E-state index contributed by atoms with van der Waals surface area (Å²) in [5.74, 6) is 5.13. The molecule has 4 aliphatic rings. The van der Waals surface area contributed by atoms with Crippen LogP contribution in [0.15, 0.2) is 53.0 Å². The van der Waals surface area contributed by atoms with E-state index in [0.717, 1.165) is 54.9 Å². The lowest BCUT2D eigenvalue weighted by atomic mass is 9.47. The van der Waals surface area contributed by atoms with Crippen molar-refractivity contribution in [3.63, 3.8) is 0 Å². The smallest absolute Gasteiger partial charge is 0.263 e. The average molecular weight is 567 g/mol. The quantitative estimate of drug-likeness (QED) is 0.232. The minimum atomic E-state index is -3.74. The van der Waals surface area contributed by atoms with Crippen molar-refractivity contribution in [1.29, 1.82) is 0 Å². The molecule has 222 valence electrons. The van der Waals surface area contributed by atoms with Gasteiger partial charge in [-0.1, -0.05) is 83.0 Å². The molecule has 9 atom stereocenters. The highest BCUT2D eigenvalue weighted by Gasteiger charge is 2.59. The van der Waals surface area contributed by atoms with Crippen LogP contribution in [0.2, 0.25) is 0 Å². The number of benzene rings is 1. The molecule has 1 aromatic rings. The number of fused-ring (bicyclic) bond motifs is 5. The van der Waals surface area contributed by atoms with E-state index in [9.17, 15) is 8.42 Å². The molecule has 0 aliphatic heterocycles. The summed E-state index contributed by atoms with van der Waals surface area (Å²) in [6, 6.07) is 7.01. The first kappa shape index (κ1) is 30.1. The van der Waals surface area contributed by atoms with E-state index >= 15 is 0 Å². The Morgan fingerprint density at radius 3 is 2.38 bits per heavy atom. The highest BCUT2D eigenvalue weighted by Crippen LogP contribution is 2.67. The number of hydrogen-bond donors (Lipinski definition) is 0. The normalized spacial score (nSPS) is 37.5. The van der Waals surface area contributed by atoms with Crippen LogP contribution >= 0.6 is 0 Å². The zero-order valence-electron chi connectivity index (χ0n) is 26.2. The molecular formula is C36H54O3S. The lowest BCUT2D eigenvalue weighted by Crippen LogP contribution is -2.51. The SMILES string of the molecule is CC[C@H](/C=C/[C@@H](C)[C@H]1CC[C@H]2[C@H]3CC=C4C[C@@H](OS(=O)(=O)c5ccc(C)cc5)CC[C@]4(C)[C@H]3CC[C@]12C)C(C)C. The largest absolute Gasteiger partial charge is 0.297 e. The molecular weight excluding hydrogens is 512 g/mol.